The molecular formula is C33H34N2O2. The molecule has 4 aromatic rings. The van der Waals surface area contributed by atoms with Gasteiger partial charge >= 0.3 is 0 Å². The Morgan fingerprint density at radius 3 is 2.41 bits per heavy atom. The largest absolute Gasteiger partial charge is 0.481 e. The summed E-state index contributed by atoms with van der Waals surface area (Å²) in [6, 6.07) is 35.7. The third-order valence-electron chi connectivity index (χ3n) is 7.19. The fourth-order valence-corrected chi connectivity index (χ4v) is 5.11. The number of hydrogen-bond acceptors (Lipinski definition) is 3. The van der Waals surface area contributed by atoms with Gasteiger partial charge in [-0.3, -0.25) is 9.69 Å². The van der Waals surface area contributed by atoms with Crippen molar-refractivity contribution in [2.24, 2.45) is 0 Å². The first-order valence-corrected chi connectivity index (χ1v) is 13.0. The number of rotatable bonds is 8. The van der Waals surface area contributed by atoms with Crippen molar-refractivity contribution in [3.05, 3.63) is 137 Å². The van der Waals surface area contributed by atoms with E-state index in [1.807, 2.05) is 36.4 Å². The standard InChI is InChI=1S/C33H34N2O2/c1-24-11-9-10-16-29(24)23-35-20-19-27-17-18-30(21-31(27)32(35)28-14-7-4-8-15-28)37-25(2)33(36)34-22-26-12-5-3-6-13-26/h3-18,21,25,32H,19-20,22-23H2,1-2H3,(H,34,36). The number of nitrogens with zero attached hydrogens (tertiary/aromatic N) is 1. The van der Waals surface area contributed by atoms with Gasteiger partial charge in [-0.1, -0.05) is 91.0 Å². The van der Waals surface area contributed by atoms with E-state index in [0.717, 1.165) is 30.8 Å². The minimum absolute atomic E-state index is 0.121. The van der Waals surface area contributed by atoms with E-state index < -0.39 is 6.10 Å². The molecule has 0 radical (unpaired) electrons. The van der Waals surface area contributed by atoms with Crippen molar-refractivity contribution in [2.45, 2.75) is 45.5 Å². The van der Waals surface area contributed by atoms with E-state index in [0.29, 0.717) is 6.54 Å². The normalized spacial score (nSPS) is 16.0. The van der Waals surface area contributed by atoms with Gasteiger partial charge in [0.1, 0.15) is 5.75 Å². The number of ether oxygens (including phenoxy) is 1. The van der Waals surface area contributed by atoms with E-state index in [1.165, 1.54) is 27.8 Å². The average molecular weight is 491 g/mol. The summed E-state index contributed by atoms with van der Waals surface area (Å²) in [5.41, 5.74) is 7.58. The number of carbonyl (C=O) groups excluding carboxylic acids is 1. The molecule has 4 aromatic carbocycles. The predicted octanol–water partition coefficient (Wildman–Crippen LogP) is 6.23. The van der Waals surface area contributed by atoms with Gasteiger partial charge in [0.15, 0.2) is 6.10 Å². The van der Waals surface area contributed by atoms with Crippen LogP contribution in [0.5, 0.6) is 5.75 Å². The second-order valence-electron chi connectivity index (χ2n) is 9.78. The third kappa shape index (κ3) is 5.92. The summed E-state index contributed by atoms with van der Waals surface area (Å²) >= 11 is 0. The molecule has 1 heterocycles. The molecule has 0 saturated heterocycles. The number of aryl methyl sites for hydroxylation is 1. The lowest BCUT2D eigenvalue weighted by Gasteiger charge is -2.38. The topological polar surface area (TPSA) is 41.6 Å². The van der Waals surface area contributed by atoms with E-state index in [2.05, 4.69) is 83.9 Å². The Kier molecular flexibility index (Phi) is 7.67. The SMILES string of the molecule is Cc1ccccc1CN1CCc2ccc(OC(C)C(=O)NCc3ccccc3)cc2C1c1ccccc1. The Morgan fingerprint density at radius 2 is 1.65 bits per heavy atom. The minimum atomic E-state index is -0.594. The molecule has 2 atom stereocenters. The monoisotopic (exact) mass is 490 g/mol. The first-order valence-electron chi connectivity index (χ1n) is 13.0. The average Bonchev–Trinajstić information content (AvgIpc) is 2.93. The summed E-state index contributed by atoms with van der Waals surface area (Å²) in [4.78, 5) is 15.3. The van der Waals surface area contributed by atoms with Gasteiger partial charge in [-0.2, -0.15) is 0 Å². The maximum absolute atomic E-state index is 12.7. The van der Waals surface area contributed by atoms with Crippen LogP contribution in [0.15, 0.2) is 103 Å². The summed E-state index contributed by atoms with van der Waals surface area (Å²) in [5.74, 6) is 0.599. The Morgan fingerprint density at radius 1 is 0.946 bits per heavy atom. The van der Waals surface area contributed by atoms with E-state index in [4.69, 9.17) is 4.74 Å². The maximum Gasteiger partial charge on any atom is 0.261 e. The van der Waals surface area contributed by atoms with Crippen molar-refractivity contribution in [1.29, 1.82) is 0 Å². The molecule has 1 aliphatic rings. The maximum atomic E-state index is 12.7. The molecule has 1 N–H and O–H groups in total. The molecule has 4 heteroatoms. The predicted molar refractivity (Wildman–Crippen MR) is 148 cm³/mol. The molecule has 5 rings (SSSR count). The molecule has 4 nitrogen and oxygen atoms in total. The lowest BCUT2D eigenvalue weighted by molar-refractivity contribution is -0.127. The molecule has 188 valence electrons. The molecule has 0 fully saturated rings. The number of benzene rings is 4. The van der Waals surface area contributed by atoms with Crippen LogP contribution in [0.2, 0.25) is 0 Å². The number of hydrogen-bond donors (Lipinski definition) is 1. The van der Waals surface area contributed by atoms with Gasteiger partial charge in [0.25, 0.3) is 5.91 Å². The van der Waals surface area contributed by atoms with Crippen LogP contribution >= 0.6 is 0 Å². The van der Waals surface area contributed by atoms with E-state index in [-0.39, 0.29) is 11.9 Å². The lowest BCUT2D eigenvalue weighted by Crippen LogP contribution is -2.37. The summed E-state index contributed by atoms with van der Waals surface area (Å²) in [5, 5.41) is 2.98. The summed E-state index contributed by atoms with van der Waals surface area (Å²) < 4.78 is 6.16. The van der Waals surface area contributed by atoms with Gasteiger partial charge in [0, 0.05) is 19.6 Å². The van der Waals surface area contributed by atoms with Crippen molar-refractivity contribution >= 4 is 5.91 Å². The Hall–Kier alpha value is -3.89. The molecule has 1 aliphatic heterocycles. The van der Waals surface area contributed by atoms with Gasteiger partial charge in [0.05, 0.1) is 6.04 Å². The third-order valence-corrected chi connectivity index (χ3v) is 7.19. The molecule has 1 amide bonds. The van der Waals surface area contributed by atoms with Crippen molar-refractivity contribution in [1.82, 2.24) is 10.2 Å². The molecule has 0 bridgehead atoms. The van der Waals surface area contributed by atoms with E-state index >= 15 is 0 Å². The summed E-state index contributed by atoms with van der Waals surface area (Å²) in [6.07, 6.45) is 0.390. The fourth-order valence-electron chi connectivity index (χ4n) is 5.11. The van der Waals surface area contributed by atoms with Crippen LogP contribution < -0.4 is 10.1 Å². The molecule has 0 saturated carbocycles. The molecule has 0 spiro atoms. The zero-order valence-corrected chi connectivity index (χ0v) is 21.6. The molecule has 37 heavy (non-hydrogen) atoms. The van der Waals surface area contributed by atoms with Crippen LogP contribution in [-0.2, 0) is 24.3 Å². The van der Waals surface area contributed by atoms with Crippen molar-refractivity contribution in [2.75, 3.05) is 6.54 Å². The fraction of sp³-hybridized carbons (Fsp3) is 0.242. The zero-order chi connectivity index (χ0) is 25.6. The zero-order valence-electron chi connectivity index (χ0n) is 21.6. The highest BCUT2D eigenvalue weighted by molar-refractivity contribution is 5.80. The quantitative estimate of drug-likeness (QED) is 0.319. The molecule has 2 unspecified atom stereocenters. The van der Waals surface area contributed by atoms with E-state index in [9.17, 15) is 4.79 Å². The number of carbonyl (C=O) groups is 1. The molecule has 0 aromatic heterocycles. The van der Waals surface area contributed by atoms with Crippen LogP contribution in [0.3, 0.4) is 0 Å². The first-order chi connectivity index (χ1) is 18.1. The highest BCUT2D eigenvalue weighted by Crippen LogP contribution is 2.38. The minimum Gasteiger partial charge on any atom is -0.481 e. The van der Waals surface area contributed by atoms with Crippen molar-refractivity contribution in [3.63, 3.8) is 0 Å². The summed E-state index contributed by atoms with van der Waals surface area (Å²) in [7, 11) is 0. The highest BCUT2D eigenvalue weighted by atomic mass is 16.5. The summed E-state index contributed by atoms with van der Waals surface area (Å²) in [6.45, 7) is 6.34. The Balaban J connectivity index is 1.37. The van der Waals surface area contributed by atoms with Crippen LogP contribution in [0.1, 0.15) is 46.3 Å². The molecular weight excluding hydrogens is 456 g/mol. The van der Waals surface area contributed by atoms with Gasteiger partial charge in [-0.15, -0.1) is 0 Å². The first kappa shape index (κ1) is 24.8. The second kappa shape index (κ2) is 11.4. The van der Waals surface area contributed by atoms with E-state index in [1.54, 1.807) is 6.92 Å². The number of fused-ring (bicyclic) bond motifs is 1. The van der Waals surface area contributed by atoms with Crippen molar-refractivity contribution in [3.8, 4) is 5.75 Å². The van der Waals surface area contributed by atoms with Crippen LogP contribution in [0.4, 0.5) is 0 Å². The van der Waals surface area contributed by atoms with Gasteiger partial charge in [0.2, 0.25) is 0 Å². The van der Waals surface area contributed by atoms with Gasteiger partial charge in [-0.25, -0.2) is 0 Å². The van der Waals surface area contributed by atoms with Crippen LogP contribution in [-0.4, -0.2) is 23.5 Å². The molecule has 0 aliphatic carbocycles. The lowest BCUT2D eigenvalue weighted by atomic mass is 9.87. The van der Waals surface area contributed by atoms with Gasteiger partial charge < -0.3 is 10.1 Å². The highest BCUT2D eigenvalue weighted by Gasteiger charge is 2.30. The Bertz CT molecular complexity index is 1340. The smallest absolute Gasteiger partial charge is 0.261 e. The van der Waals surface area contributed by atoms with Gasteiger partial charge in [-0.05, 0) is 65.8 Å². The van der Waals surface area contributed by atoms with Crippen LogP contribution in [0, 0.1) is 6.92 Å². The van der Waals surface area contributed by atoms with Crippen molar-refractivity contribution < 1.29 is 9.53 Å². The van der Waals surface area contributed by atoms with Crippen LogP contribution in [0.25, 0.3) is 0 Å². The Labute approximate surface area is 219 Å². The second-order valence-corrected chi connectivity index (χ2v) is 9.78. The number of amides is 1. The number of nitrogens with one attached hydrogen (secondary N) is 1.